The first kappa shape index (κ1) is 19.7. The lowest BCUT2D eigenvalue weighted by Gasteiger charge is -2.34. The van der Waals surface area contributed by atoms with Crippen molar-refractivity contribution in [2.75, 3.05) is 22.7 Å². The molecule has 27 heavy (non-hydrogen) atoms. The minimum atomic E-state index is -3.84. The van der Waals surface area contributed by atoms with Crippen molar-refractivity contribution in [3.05, 3.63) is 52.5 Å². The van der Waals surface area contributed by atoms with Crippen molar-refractivity contribution in [1.82, 2.24) is 0 Å². The third kappa shape index (κ3) is 4.62. The second-order valence-electron chi connectivity index (χ2n) is 6.79. The summed E-state index contributed by atoms with van der Waals surface area (Å²) in [6, 6.07) is 10.9. The number of nitrogens with one attached hydrogen (secondary N) is 1. The molecule has 2 aromatic rings. The number of carbonyl (C=O) groups is 1. The Morgan fingerprint density at radius 3 is 2.56 bits per heavy atom. The van der Waals surface area contributed by atoms with Crippen molar-refractivity contribution >= 4 is 43.3 Å². The molecule has 1 fully saturated rings. The summed E-state index contributed by atoms with van der Waals surface area (Å²) in [5, 5.41) is 9.30. The molecule has 0 aliphatic carbocycles. The van der Waals surface area contributed by atoms with Crippen LogP contribution in [0.4, 0.5) is 11.4 Å². The molecule has 1 unspecified atom stereocenters. The first-order valence-electron chi connectivity index (χ1n) is 8.67. The maximum Gasteiger partial charge on any atom is 0.335 e. The van der Waals surface area contributed by atoms with Crippen molar-refractivity contribution in [3.8, 4) is 0 Å². The Morgan fingerprint density at radius 1 is 1.22 bits per heavy atom. The fourth-order valence-electron chi connectivity index (χ4n) is 3.25. The monoisotopic (exact) mass is 452 g/mol. The summed E-state index contributed by atoms with van der Waals surface area (Å²) in [7, 11) is -3.84. The zero-order valence-corrected chi connectivity index (χ0v) is 17.3. The van der Waals surface area contributed by atoms with Gasteiger partial charge in [0.1, 0.15) is 0 Å². The van der Waals surface area contributed by atoms with E-state index in [1.54, 1.807) is 18.2 Å². The minimum absolute atomic E-state index is 0.0392. The van der Waals surface area contributed by atoms with E-state index in [0.29, 0.717) is 11.6 Å². The highest BCUT2D eigenvalue weighted by Crippen LogP contribution is 2.32. The predicted molar refractivity (Wildman–Crippen MR) is 109 cm³/mol. The molecule has 6 nitrogen and oxygen atoms in total. The Kier molecular flexibility index (Phi) is 5.76. The van der Waals surface area contributed by atoms with E-state index in [1.165, 1.54) is 24.3 Å². The number of nitrogens with zero attached hydrogens (tertiary/aromatic N) is 1. The average Bonchev–Trinajstić information content (AvgIpc) is 2.61. The average molecular weight is 453 g/mol. The molecule has 1 heterocycles. The van der Waals surface area contributed by atoms with Gasteiger partial charge in [-0.05, 0) is 61.2 Å². The quantitative estimate of drug-likeness (QED) is 0.709. The number of carboxylic acid groups (broad SMARTS) is 1. The number of aromatic carboxylic acids is 1. The van der Waals surface area contributed by atoms with E-state index in [-0.39, 0.29) is 16.1 Å². The number of rotatable bonds is 5. The molecule has 8 heteroatoms. The third-order valence-electron chi connectivity index (χ3n) is 4.61. The Hall–Kier alpha value is -2.06. The maximum atomic E-state index is 12.8. The summed E-state index contributed by atoms with van der Waals surface area (Å²) in [5.74, 6) is -0.605. The summed E-state index contributed by atoms with van der Waals surface area (Å²) in [6.45, 7) is 3.77. The van der Waals surface area contributed by atoms with Crippen molar-refractivity contribution in [1.29, 1.82) is 0 Å². The number of carboxylic acids is 1. The van der Waals surface area contributed by atoms with Crippen LogP contribution in [0.5, 0.6) is 0 Å². The summed E-state index contributed by atoms with van der Waals surface area (Å²) in [5.41, 5.74) is 1.02. The summed E-state index contributed by atoms with van der Waals surface area (Å²) < 4.78 is 29.0. The van der Waals surface area contributed by atoms with E-state index in [0.717, 1.165) is 30.4 Å². The largest absolute Gasteiger partial charge is 0.478 e. The van der Waals surface area contributed by atoms with E-state index in [4.69, 9.17) is 0 Å². The molecule has 1 aliphatic heterocycles. The van der Waals surface area contributed by atoms with Gasteiger partial charge in [0.2, 0.25) is 0 Å². The van der Waals surface area contributed by atoms with Gasteiger partial charge in [-0.25, -0.2) is 13.2 Å². The smallest absolute Gasteiger partial charge is 0.335 e. The molecule has 1 atom stereocenters. The van der Waals surface area contributed by atoms with Gasteiger partial charge in [-0.2, -0.15) is 0 Å². The Balaban J connectivity index is 1.99. The van der Waals surface area contributed by atoms with Crippen LogP contribution in [0.1, 0.15) is 30.1 Å². The topological polar surface area (TPSA) is 86.7 Å². The molecule has 0 amide bonds. The lowest BCUT2D eigenvalue weighted by Crippen LogP contribution is -2.35. The summed E-state index contributed by atoms with van der Waals surface area (Å²) >= 11 is 3.29. The second kappa shape index (κ2) is 7.90. The molecule has 0 saturated carbocycles. The minimum Gasteiger partial charge on any atom is -0.478 e. The molecule has 144 valence electrons. The Bertz CT molecular complexity index is 945. The number of hydrogen-bond donors (Lipinski definition) is 2. The lowest BCUT2D eigenvalue weighted by molar-refractivity contribution is 0.0697. The lowest BCUT2D eigenvalue weighted by atomic mass is 9.99. The first-order chi connectivity index (χ1) is 12.8. The van der Waals surface area contributed by atoms with Crippen LogP contribution in [0.2, 0.25) is 0 Å². The Labute approximate surface area is 167 Å². The number of anilines is 2. The zero-order chi connectivity index (χ0) is 19.6. The van der Waals surface area contributed by atoms with Gasteiger partial charge in [0, 0.05) is 17.6 Å². The number of sulfonamides is 1. The van der Waals surface area contributed by atoms with Gasteiger partial charge in [-0.15, -0.1) is 0 Å². The van der Waals surface area contributed by atoms with Crippen molar-refractivity contribution < 1.29 is 18.3 Å². The van der Waals surface area contributed by atoms with Crippen LogP contribution >= 0.6 is 15.9 Å². The van der Waals surface area contributed by atoms with Crippen LogP contribution in [-0.4, -0.2) is 32.6 Å². The molecule has 3 rings (SSSR count). The molecule has 1 aliphatic rings. The first-order valence-corrected chi connectivity index (χ1v) is 10.9. The van der Waals surface area contributed by atoms with E-state index >= 15 is 0 Å². The molecule has 0 radical (unpaired) electrons. The van der Waals surface area contributed by atoms with Crippen molar-refractivity contribution in [3.63, 3.8) is 0 Å². The zero-order valence-electron chi connectivity index (χ0n) is 14.9. The fourth-order valence-corrected chi connectivity index (χ4v) is 4.58. The third-order valence-corrected chi connectivity index (χ3v) is 6.52. The summed E-state index contributed by atoms with van der Waals surface area (Å²) in [6.07, 6.45) is 2.14. The maximum absolute atomic E-state index is 12.8. The van der Waals surface area contributed by atoms with Gasteiger partial charge in [-0.3, -0.25) is 4.72 Å². The van der Waals surface area contributed by atoms with Gasteiger partial charge in [-0.1, -0.05) is 22.9 Å². The van der Waals surface area contributed by atoms with Crippen LogP contribution in [0.3, 0.4) is 0 Å². The highest BCUT2D eigenvalue weighted by atomic mass is 79.9. The van der Waals surface area contributed by atoms with Gasteiger partial charge >= 0.3 is 5.97 Å². The highest BCUT2D eigenvalue weighted by Gasteiger charge is 2.23. The van der Waals surface area contributed by atoms with Gasteiger partial charge in [0.15, 0.2) is 0 Å². The number of piperidine rings is 1. The standard InChI is InChI=1S/C19H21BrN2O4S/c1-13-3-2-10-22(12-13)18-9-4-14(19(23)24)11-17(18)21-27(25,26)16-7-5-15(20)6-8-16/h4-9,11,13,21H,2-3,10,12H2,1H3,(H,23,24). The van der Waals surface area contributed by atoms with Gasteiger partial charge < -0.3 is 10.0 Å². The molecule has 0 spiro atoms. The van der Waals surface area contributed by atoms with Crippen LogP contribution in [0.15, 0.2) is 51.8 Å². The van der Waals surface area contributed by atoms with Crippen LogP contribution < -0.4 is 9.62 Å². The number of benzene rings is 2. The fraction of sp³-hybridized carbons (Fsp3) is 0.316. The molecule has 1 saturated heterocycles. The van der Waals surface area contributed by atoms with Gasteiger partial charge in [0.05, 0.1) is 21.8 Å². The second-order valence-corrected chi connectivity index (χ2v) is 9.39. The molecule has 2 N–H and O–H groups in total. The van der Waals surface area contributed by atoms with Crippen molar-refractivity contribution in [2.24, 2.45) is 5.92 Å². The van der Waals surface area contributed by atoms with Gasteiger partial charge in [0.25, 0.3) is 10.0 Å². The van der Waals surface area contributed by atoms with Crippen LogP contribution in [0, 0.1) is 5.92 Å². The number of halogens is 1. The van der Waals surface area contributed by atoms with E-state index in [1.807, 2.05) is 0 Å². The SMILES string of the molecule is CC1CCCN(c2ccc(C(=O)O)cc2NS(=O)(=O)c2ccc(Br)cc2)C1. The molecule has 2 aromatic carbocycles. The predicted octanol–water partition coefficient (Wildman–Crippen LogP) is 4.18. The highest BCUT2D eigenvalue weighted by molar-refractivity contribution is 9.10. The molecule has 0 aromatic heterocycles. The normalized spacial score (nSPS) is 17.6. The van der Waals surface area contributed by atoms with Crippen molar-refractivity contribution in [2.45, 2.75) is 24.7 Å². The Morgan fingerprint density at radius 2 is 1.93 bits per heavy atom. The van der Waals surface area contributed by atoms with Crippen LogP contribution in [-0.2, 0) is 10.0 Å². The molecular weight excluding hydrogens is 432 g/mol. The summed E-state index contributed by atoms with van der Waals surface area (Å²) in [4.78, 5) is 13.6. The number of hydrogen-bond acceptors (Lipinski definition) is 4. The molecule has 0 bridgehead atoms. The van der Waals surface area contributed by atoms with Crippen LogP contribution in [0.25, 0.3) is 0 Å². The van der Waals surface area contributed by atoms with E-state index < -0.39 is 16.0 Å². The van der Waals surface area contributed by atoms with E-state index in [2.05, 4.69) is 32.5 Å². The van der Waals surface area contributed by atoms with E-state index in [9.17, 15) is 18.3 Å². The molecular formula is C19H21BrN2O4S.